The molecule has 0 saturated heterocycles. The number of hydrogen-bond donors (Lipinski definition) is 1. The summed E-state index contributed by atoms with van der Waals surface area (Å²) in [6, 6.07) is 3.67. The Kier molecular flexibility index (Phi) is 3.72. The lowest BCUT2D eigenvalue weighted by molar-refractivity contribution is -0.117. The van der Waals surface area contributed by atoms with Gasteiger partial charge in [-0.25, -0.2) is 0 Å². The SMILES string of the molecule is O=C(NC1CCCCC1)C(=O)c1cccs1. The van der Waals surface area contributed by atoms with Gasteiger partial charge in [0.2, 0.25) is 0 Å². The number of carbonyl (C=O) groups excluding carboxylic acids is 2. The number of ketones is 1. The summed E-state index contributed by atoms with van der Waals surface area (Å²) in [4.78, 5) is 23.9. The van der Waals surface area contributed by atoms with Crippen molar-refractivity contribution in [3.63, 3.8) is 0 Å². The molecule has 0 unspecified atom stereocenters. The molecule has 0 aliphatic heterocycles. The van der Waals surface area contributed by atoms with Gasteiger partial charge in [0.15, 0.2) is 0 Å². The predicted octanol–water partition coefficient (Wildman–Crippen LogP) is 2.38. The molecule has 4 heteroatoms. The number of amides is 1. The molecular weight excluding hydrogens is 222 g/mol. The van der Waals surface area contributed by atoms with Gasteiger partial charge in [-0.05, 0) is 24.3 Å². The number of nitrogens with one attached hydrogen (secondary N) is 1. The number of hydrogen-bond acceptors (Lipinski definition) is 3. The van der Waals surface area contributed by atoms with E-state index in [4.69, 9.17) is 0 Å². The van der Waals surface area contributed by atoms with E-state index in [-0.39, 0.29) is 6.04 Å². The predicted molar refractivity (Wildman–Crippen MR) is 63.7 cm³/mol. The minimum absolute atomic E-state index is 0.199. The van der Waals surface area contributed by atoms with E-state index in [1.165, 1.54) is 17.8 Å². The molecule has 1 heterocycles. The molecule has 1 aromatic heterocycles. The molecule has 86 valence electrons. The van der Waals surface area contributed by atoms with Crippen molar-refractivity contribution in [3.05, 3.63) is 22.4 Å². The van der Waals surface area contributed by atoms with Crippen LogP contribution in [0.2, 0.25) is 0 Å². The second-order valence-electron chi connectivity index (χ2n) is 4.11. The molecule has 0 aromatic carbocycles. The van der Waals surface area contributed by atoms with Gasteiger partial charge in [0.05, 0.1) is 4.88 Å². The van der Waals surface area contributed by atoms with Crippen LogP contribution in [-0.2, 0) is 4.79 Å². The van der Waals surface area contributed by atoms with Crippen LogP contribution < -0.4 is 5.32 Å². The minimum Gasteiger partial charge on any atom is -0.346 e. The Hall–Kier alpha value is -1.16. The summed E-state index contributed by atoms with van der Waals surface area (Å²) in [5, 5.41) is 4.63. The van der Waals surface area contributed by atoms with Crippen LogP contribution in [0.3, 0.4) is 0 Å². The average molecular weight is 237 g/mol. The lowest BCUT2D eigenvalue weighted by atomic mass is 9.95. The van der Waals surface area contributed by atoms with Crippen LogP contribution in [0.5, 0.6) is 0 Å². The first-order valence-electron chi connectivity index (χ1n) is 5.66. The molecule has 1 saturated carbocycles. The van der Waals surface area contributed by atoms with Crippen LogP contribution in [0.1, 0.15) is 41.8 Å². The molecule has 1 aromatic rings. The quantitative estimate of drug-likeness (QED) is 0.648. The van der Waals surface area contributed by atoms with Crippen LogP contribution in [0.4, 0.5) is 0 Å². The maximum absolute atomic E-state index is 11.7. The van der Waals surface area contributed by atoms with Gasteiger partial charge in [0.25, 0.3) is 11.7 Å². The van der Waals surface area contributed by atoms with E-state index in [2.05, 4.69) is 5.32 Å². The Morgan fingerprint density at radius 1 is 1.25 bits per heavy atom. The second-order valence-corrected chi connectivity index (χ2v) is 5.06. The van der Waals surface area contributed by atoms with Crippen molar-refractivity contribution in [2.75, 3.05) is 0 Å². The van der Waals surface area contributed by atoms with Crippen LogP contribution >= 0.6 is 11.3 Å². The summed E-state index contributed by atoms with van der Waals surface area (Å²) in [5.74, 6) is -0.852. The maximum atomic E-state index is 11.7. The highest BCUT2D eigenvalue weighted by atomic mass is 32.1. The normalized spacial score (nSPS) is 17.0. The molecule has 0 radical (unpaired) electrons. The van der Waals surface area contributed by atoms with Crippen molar-refractivity contribution in [3.8, 4) is 0 Å². The Labute approximate surface area is 98.9 Å². The zero-order chi connectivity index (χ0) is 11.4. The van der Waals surface area contributed by atoms with Crippen molar-refractivity contribution in [2.45, 2.75) is 38.1 Å². The monoisotopic (exact) mass is 237 g/mol. The minimum atomic E-state index is -0.450. The molecule has 16 heavy (non-hydrogen) atoms. The smallest absolute Gasteiger partial charge is 0.293 e. The summed E-state index contributed by atoms with van der Waals surface area (Å²) >= 11 is 1.31. The fraction of sp³-hybridized carbons (Fsp3) is 0.500. The molecule has 2 rings (SSSR count). The van der Waals surface area contributed by atoms with Gasteiger partial charge in [-0.2, -0.15) is 0 Å². The number of rotatable bonds is 3. The van der Waals surface area contributed by atoms with E-state index < -0.39 is 11.7 Å². The second kappa shape index (κ2) is 5.25. The highest BCUT2D eigenvalue weighted by Crippen LogP contribution is 2.17. The van der Waals surface area contributed by atoms with Gasteiger partial charge in [0, 0.05) is 6.04 Å². The van der Waals surface area contributed by atoms with Crippen molar-refractivity contribution < 1.29 is 9.59 Å². The number of carbonyl (C=O) groups is 2. The van der Waals surface area contributed by atoms with E-state index in [9.17, 15) is 9.59 Å². The molecule has 0 bridgehead atoms. The molecule has 1 fully saturated rings. The molecule has 0 spiro atoms. The van der Waals surface area contributed by atoms with Crippen LogP contribution in [0.25, 0.3) is 0 Å². The van der Waals surface area contributed by atoms with Gasteiger partial charge in [-0.3, -0.25) is 9.59 Å². The van der Waals surface area contributed by atoms with Gasteiger partial charge >= 0.3 is 0 Å². The number of thiophene rings is 1. The van der Waals surface area contributed by atoms with E-state index in [0.29, 0.717) is 4.88 Å². The van der Waals surface area contributed by atoms with E-state index in [1.54, 1.807) is 17.5 Å². The van der Waals surface area contributed by atoms with Gasteiger partial charge in [0.1, 0.15) is 0 Å². The highest BCUT2D eigenvalue weighted by molar-refractivity contribution is 7.13. The van der Waals surface area contributed by atoms with Gasteiger partial charge < -0.3 is 5.32 Å². The first kappa shape index (κ1) is 11.3. The summed E-state index contributed by atoms with van der Waals surface area (Å²) in [7, 11) is 0. The van der Waals surface area contributed by atoms with Crippen molar-refractivity contribution >= 4 is 23.0 Å². The van der Waals surface area contributed by atoms with Crippen molar-refractivity contribution in [1.82, 2.24) is 5.32 Å². The summed E-state index contributed by atoms with van der Waals surface area (Å²) in [6.45, 7) is 0. The number of Topliss-reactive ketones (excluding diaryl/α,β-unsaturated/α-hetero) is 1. The zero-order valence-corrected chi connectivity index (χ0v) is 9.89. The standard InChI is InChI=1S/C12H15NO2S/c14-11(10-7-4-8-16-10)12(15)13-9-5-2-1-3-6-9/h4,7-9H,1-3,5-6H2,(H,13,15). The lowest BCUT2D eigenvalue weighted by Gasteiger charge is -2.22. The van der Waals surface area contributed by atoms with Crippen LogP contribution in [-0.4, -0.2) is 17.7 Å². The first-order chi connectivity index (χ1) is 7.77. The van der Waals surface area contributed by atoms with Crippen LogP contribution in [0.15, 0.2) is 17.5 Å². The van der Waals surface area contributed by atoms with Gasteiger partial charge in [-0.1, -0.05) is 25.3 Å². The van der Waals surface area contributed by atoms with E-state index in [0.717, 1.165) is 25.7 Å². The van der Waals surface area contributed by atoms with Crippen molar-refractivity contribution in [1.29, 1.82) is 0 Å². The third-order valence-electron chi connectivity index (χ3n) is 2.89. The Balaban J connectivity index is 1.90. The lowest BCUT2D eigenvalue weighted by Crippen LogP contribution is -2.40. The molecule has 1 N–H and O–H groups in total. The van der Waals surface area contributed by atoms with Crippen molar-refractivity contribution in [2.24, 2.45) is 0 Å². The molecule has 0 atom stereocenters. The third-order valence-corrected chi connectivity index (χ3v) is 3.76. The fourth-order valence-corrected chi connectivity index (χ4v) is 2.68. The fourth-order valence-electron chi connectivity index (χ4n) is 2.02. The third kappa shape index (κ3) is 2.70. The summed E-state index contributed by atoms with van der Waals surface area (Å²) in [6.07, 6.45) is 5.55. The largest absolute Gasteiger partial charge is 0.346 e. The van der Waals surface area contributed by atoms with Crippen LogP contribution in [0, 0.1) is 0 Å². The molecule has 1 amide bonds. The van der Waals surface area contributed by atoms with E-state index >= 15 is 0 Å². The Morgan fingerprint density at radius 3 is 2.62 bits per heavy atom. The molecule has 3 nitrogen and oxygen atoms in total. The average Bonchev–Trinajstić information content (AvgIpc) is 2.83. The highest BCUT2D eigenvalue weighted by Gasteiger charge is 2.21. The Bertz CT molecular complexity index is 366. The summed E-state index contributed by atoms with van der Waals surface area (Å²) in [5.41, 5.74) is 0. The topological polar surface area (TPSA) is 46.2 Å². The van der Waals surface area contributed by atoms with E-state index in [1.807, 2.05) is 0 Å². The maximum Gasteiger partial charge on any atom is 0.293 e. The molecule has 1 aliphatic rings. The Morgan fingerprint density at radius 2 is 2.00 bits per heavy atom. The zero-order valence-electron chi connectivity index (χ0n) is 9.07. The van der Waals surface area contributed by atoms with Gasteiger partial charge in [-0.15, -0.1) is 11.3 Å². The first-order valence-corrected chi connectivity index (χ1v) is 6.54. The molecule has 1 aliphatic carbocycles. The molecular formula is C12H15NO2S. The summed E-state index contributed by atoms with van der Waals surface area (Å²) < 4.78 is 0.